The van der Waals surface area contributed by atoms with E-state index in [1.165, 1.54) is 6.39 Å². The van der Waals surface area contributed by atoms with Crippen LogP contribution in [0, 0.1) is 0 Å². The van der Waals surface area contributed by atoms with Crippen LogP contribution in [0.15, 0.2) is 35.2 Å². The maximum absolute atomic E-state index is 11.7. The van der Waals surface area contributed by atoms with Crippen LogP contribution in [0.3, 0.4) is 0 Å². The quantitative estimate of drug-likeness (QED) is 0.696. The Hall–Kier alpha value is -2.41. The lowest BCUT2D eigenvalue weighted by molar-refractivity contribution is -0.122. The van der Waals surface area contributed by atoms with Crippen molar-refractivity contribution in [3.63, 3.8) is 0 Å². The highest BCUT2D eigenvalue weighted by Gasteiger charge is 2.14. The van der Waals surface area contributed by atoms with Crippen molar-refractivity contribution in [1.82, 2.24) is 15.5 Å². The molecule has 0 saturated heterocycles. The van der Waals surface area contributed by atoms with Crippen molar-refractivity contribution >= 4 is 5.91 Å². The number of aromatic nitrogens is 2. The zero-order chi connectivity index (χ0) is 13.7. The second-order valence-corrected chi connectivity index (χ2v) is 4.04. The van der Waals surface area contributed by atoms with Crippen LogP contribution in [0.1, 0.15) is 11.4 Å². The van der Waals surface area contributed by atoms with Gasteiger partial charge in [-0.1, -0.05) is 17.3 Å². The summed E-state index contributed by atoms with van der Waals surface area (Å²) in [4.78, 5) is 15.5. The molecule has 1 amide bonds. The number of nitrogens with zero attached hydrogens (tertiary/aromatic N) is 2. The van der Waals surface area contributed by atoms with Crippen LogP contribution in [0.25, 0.3) is 0 Å². The second kappa shape index (κ2) is 5.96. The van der Waals surface area contributed by atoms with Crippen molar-refractivity contribution in [2.75, 3.05) is 0 Å². The molecular weight excluding hydrogens is 248 g/mol. The molecule has 0 saturated carbocycles. The summed E-state index contributed by atoms with van der Waals surface area (Å²) in [7, 11) is 0. The molecule has 7 nitrogen and oxygen atoms in total. The Kier molecular flexibility index (Phi) is 4.09. The molecule has 19 heavy (non-hydrogen) atoms. The number of carbonyl (C=O) groups excluding carboxylic acids is 1. The molecule has 0 bridgehead atoms. The highest BCUT2D eigenvalue weighted by atomic mass is 16.5. The standard InChI is InChI=1S/C12H14N4O3/c13-10(5-8-1-3-9(17)4-2-8)12(18)14-6-11-15-7-19-16-11/h1-4,7,10,17H,5-6,13H2,(H,14,18). The number of amides is 1. The van der Waals surface area contributed by atoms with Gasteiger partial charge in [0, 0.05) is 0 Å². The van der Waals surface area contributed by atoms with Gasteiger partial charge < -0.3 is 20.7 Å². The maximum Gasteiger partial charge on any atom is 0.237 e. The fourth-order valence-electron chi connectivity index (χ4n) is 1.55. The molecule has 0 aliphatic rings. The van der Waals surface area contributed by atoms with E-state index in [1.54, 1.807) is 24.3 Å². The molecule has 0 fully saturated rings. The molecule has 0 spiro atoms. The second-order valence-electron chi connectivity index (χ2n) is 4.04. The first-order valence-electron chi connectivity index (χ1n) is 5.71. The molecule has 2 rings (SSSR count). The van der Waals surface area contributed by atoms with Gasteiger partial charge in [-0.25, -0.2) is 0 Å². The van der Waals surface area contributed by atoms with Crippen LogP contribution in [0.5, 0.6) is 5.75 Å². The molecule has 0 radical (unpaired) electrons. The molecule has 1 aromatic carbocycles. The number of carbonyl (C=O) groups is 1. The lowest BCUT2D eigenvalue weighted by Crippen LogP contribution is -2.41. The lowest BCUT2D eigenvalue weighted by atomic mass is 10.1. The number of phenols is 1. The Morgan fingerprint density at radius 1 is 1.42 bits per heavy atom. The average molecular weight is 262 g/mol. The molecule has 0 aliphatic carbocycles. The predicted molar refractivity (Wildman–Crippen MR) is 65.9 cm³/mol. The van der Waals surface area contributed by atoms with E-state index in [2.05, 4.69) is 20.0 Å². The minimum Gasteiger partial charge on any atom is -0.508 e. The van der Waals surface area contributed by atoms with Crippen LogP contribution in [0.4, 0.5) is 0 Å². The van der Waals surface area contributed by atoms with Crippen molar-refractivity contribution in [1.29, 1.82) is 0 Å². The number of nitrogens with two attached hydrogens (primary N) is 1. The molecule has 4 N–H and O–H groups in total. The largest absolute Gasteiger partial charge is 0.508 e. The minimum absolute atomic E-state index is 0.179. The molecule has 100 valence electrons. The zero-order valence-corrected chi connectivity index (χ0v) is 10.1. The summed E-state index contributed by atoms with van der Waals surface area (Å²) in [5, 5.41) is 15.3. The van der Waals surface area contributed by atoms with E-state index in [9.17, 15) is 4.79 Å². The first-order valence-corrected chi connectivity index (χ1v) is 5.71. The summed E-state index contributed by atoms with van der Waals surface area (Å²) in [6.07, 6.45) is 1.58. The third-order valence-corrected chi connectivity index (χ3v) is 2.56. The van der Waals surface area contributed by atoms with Gasteiger partial charge in [-0.2, -0.15) is 4.98 Å². The number of hydrogen-bond donors (Lipinski definition) is 3. The van der Waals surface area contributed by atoms with E-state index in [-0.39, 0.29) is 18.2 Å². The number of rotatable bonds is 5. The third-order valence-electron chi connectivity index (χ3n) is 2.56. The molecule has 2 aromatic rings. The number of nitrogens with one attached hydrogen (secondary N) is 1. The molecular formula is C12H14N4O3. The Morgan fingerprint density at radius 3 is 2.79 bits per heavy atom. The van der Waals surface area contributed by atoms with Gasteiger partial charge in [0.05, 0.1) is 12.6 Å². The lowest BCUT2D eigenvalue weighted by Gasteiger charge is -2.11. The summed E-state index contributed by atoms with van der Waals surface area (Å²) in [5.41, 5.74) is 6.66. The SMILES string of the molecule is NC(Cc1ccc(O)cc1)C(=O)NCc1ncon1. The fourth-order valence-corrected chi connectivity index (χ4v) is 1.55. The molecule has 1 aromatic heterocycles. The normalized spacial score (nSPS) is 12.1. The number of benzene rings is 1. The maximum atomic E-state index is 11.7. The first-order chi connectivity index (χ1) is 9.15. The van der Waals surface area contributed by atoms with Crippen molar-refractivity contribution in [2.45, 2.75) is 19.0 Å². The van der Waals surface area contributed by atoms with Gasteiger partial charge in [-0.15, -0.1) is 0 Å². The first kappa shape index (κ1) is 13.0. The monoisotopic (exact) mass is 262 g/mol. The van der Waals surface area contributed by atoms with Gasteiger partial charge >= 0.3 is 0 Å². The molecule has 1 atom stereocenters. The van der Waals surface area contributed by atoms with Crippen molar-refractivity contribution < 1.29 is 14.4 Å². The highest BCUT2D eigenvalue weighted by molar-refractivity contribution is 5.81. The molecule has 1 heterocycles. The molecule has 7 heteroatoms. The van der Waals surface area contributed by atoms with Crippen molar-refractivity contribution in [3.8, 4) is 5.75 Å². The summed E-state index contributed by atoms with van der Waals surface area (Å²) < 4.78 is 4.55. The van der Waals surface area contributed by atoms with E-state index in [1.807, 2.05) is 0 Å². The number of aromatic hydroxyl groups is 1. The number of hydrogen-bond acceptors (Lipinski definition) is 6. The third kappa shape index (κ3) is 3.78. The Labute approximate surface area is 109 Å². The van der Waals surface area contributed by atoms with E-state index in [0.29, 0.717) is 12.2 Å². The molecule has 0 aliphatic heterocycles. The van der Waals surface area contributed by atoms with Gasteiger partial charge in [-0.05, 0) is 24.1 Å². The van der Waals surface area contributed by atoms with Gasteiger partial charge in [-0.3, -0.25) is 4.79 Å². The summed E-state index contributed by atoms with van der Waals surface area (Å²) in [6, 6.07) is 5.89. The topological polar surface area (TPSA) is 114 Å². The number of phenolic OH excluding ortho intramolecular Hbond substituents is 1. The van der Waals surface area contributed by atoms with E-state index >= 15 is 0 Å². The minimum atomic E-state index is -0.670. The van der Waals surface area contributed by atoms with Gasteiger partial charge in [0.15, 0.2) is 5.82 Å². The van der Waals surface area contributed by atoms with Gasteiger partial charge in [0.25, 0.3) is 0 Å². The highest BCUT2D eigenvalue weighted by Crippen LogP contribution is 2.10. The Bertz CT molecular complexity index is 524. The molecule has 1 unspecified atom stereocenters. The van der Waals surface area contributed by atoms with Gasteiger partial charge in [0.2, 0.25) is 12.3 Å². The summed E-state index contributed by atoms with van der Waals surface area (Å²) >= 11 is 0. The van der Waals surface area contributed by atoms with Crippen LogP contribution in [0.2, 0.25) is 0 Å². The van der Waals surface area contributed by atoms with Crippen LogP contribution >= 0.6 is 0 Å². The Morgan fingerprint density at radius 2 is 2.16 bits per heavy atom. The fraction of sp³-hybridized carbons (Fsp3) is 0.250. The summed E-state index contributed by atoms with van der Waals surface area (Å²) in [5.74, 6) is 0.280. The van der Waals surface area contributed by atoms with Crippen LogP contribution < -0.4 is 11.1 Å². The van der Waals surface area contributed by atoms with Crippen molar-refractivity contribution in [3.05, 3.63) is 42.0 Å². The smallest absolute Gasteiger partial charge is 0.237 e. The Balaban J connectivity index is 1.83. The van der Waals surface area contributed by atoms with Crippen LogP contribution in [-0.4, -0.2) is 27.2 Å². The zero-order valence-electron chi connectivity index (χ0n) is 10.1. The summed E-state index contributed by atoms with van der Waals surface area (Å²) in [6.45, 7) is 0.179. The average Bonchev–Trinajstić information content (AvgIpc) is 2.91. The van der Waals surface area contributed by atoms with E-state index < -0.39 is 6.04 Å². The van der Waals surface area contributed by atoms with E-state index in [0.717, 1.165) is 5.56 Å². The van der Waals surface area contributed by atoms with Crippen LogP contribution in [-0.2, 0) is 17.8 Å². The van der Waals surface area contributed by atoms with E-state index in [4.69, 9.17) is 10.8 Å². The van der Waals surface area contributed by atoms with Gasteiger partial charge in [0.1, 0.15) is 5.75 Å². The predicted octanol–water partition coefficient (Wildman–Crippen LogP) is -0.0386. The van der Waals surface area contributed by atoms with Crippen molar-refractivity contribution in [2.24, 2.45) is 5.73 Å².